The van der Waals surface area contributed by atoms with Gasteiger partial charge in [0, 0.05) is 17.3 Å². The van der Waals surface area contributed by atoms with Crippen molar-refractivity contribution in [3.05, 3.63) is 71.0 Å². The molecule has 1 aromatic carbocycles. The number of nitrogens with zero attached hydrogens (tertiary/aromatic N) is 2. The fourth-order valence-corrected chi connectivity index (χ4v) is 4.25. The van der Waals surface area contributed by atoms with Crippen LogP contribution in [0.1, 0.15) is 35.0 Å². The Morgan fingerprint density at radius 1 is 1.08 bits per heavy atom. The summed E-state index contributed by atoms with van der Waals surface area (Å²) in [5.74, 6) is -0.0523. The highest BCUT2D eigenvalue weighted by atomic mass is 32.1. The van der Waals surface area contributed by atoms with Crippen molar-refractivity contribution in [2.75, 3.05) is 5.32 Å². The highest BCUT2D eigenvalue weighted by molar-refractivity contribution is 7.15. The van der Waals surface area contributed by atoms with E-state index in [1.54, 1.807) is 11.3 Å². The highest BCUT2D eigenvalue weighted by Crippen LogP contribution is 2.30. The van der Waals surface area contributed by atoms with Gasteiger partial charge in [-0.15, -0.1) is 11.3 Å². The number of carbonyl (C=O) groups excluding carboxylic acids is 1. The molecule has 0 saturated carbocycles. The van der Waals surface area contributed by atoms with Crippen LogP contribution in [-0.4, -0.2) is 15.5 Å². The Labute approximate surface area is 145 Å². The first-order valence-electron chi connectivity index (χ1n) is 8.28. The topological polar surface area (TPSA) is 46.9 Å². The number of hydrogen-bond acceptors (Lipinski definition) is 3. The zero-order valence-electron chi connectivity index (χ0n) is 13.3. The van der Waals surface area contributed by atoms with Gasteiger partial charge in [-0.05, 0) is 43.4 Å². The van der Waals surface area contributed by atoms with Crippen molar-refractivity contribution in [2.24, 2.45) is 0 Å². The van der Waals surface area contributed by atoms with E-state index in [-0.39, 0.29) is 11.9 Å². The van der Waals surface area contributed by atoms with Gasteiger partial charge in [-0.1, -0.05) is 30.3 Å². The van der Waals surface area contributed by atoms with Gasteiger partial charge in [0.15, 0.2) is 5.13 Å². The molecule has 0 bridgehead atoms. The maximum absolute atomic E-state index is 13.0. The third-order valence-corrected chi connectivity index (χ3v) is 5.44. The maximum atomic E-state index is 13.0. The Balaban J connectivity index is 1.61. The molecule has 0 aliphatic heterocycles. The smallest absolute Gasteiger partial charge is 0.253 e. The average Bonchev–Trinajstić information content (AvgIpc) is 3.25. The second-order valence-electron chi connectivity index (χ2n) is 6.03. The molecular formula is C19H19N3OS. The largest absolute Gasteiger partial charge is 0.338 e. The van der Waals surface area contributed by atoms with Gasteiger partial charge < -0.3 is 4.57 Å². The SMILES string of the molecule is O=C(Nc1nc2c(s1)CCCC2)[C@@H](c1ccccc1)n1cccc1. The number of hydrogen-bond donors (Lipinski definition) is 1. The summed E-state index contributed by atoms with van der Waals surface area (Å²) in [6.45, 7) is 0. The van der Waals surface area contributed by atoms with Crippen LogP contribution in [0.25, 0.3) is 0 Å². The number of amides is 1. The first-order valence-corrected chi connectivity index (χ1v) is 9.10. The van der Waals surface area contributed by atoms with Crippen LogP contribution in [0.3, 0.4) is 0 Å². The van der Waals surface area contributed by atoms with Gasteiger partial charge in [0.1, 0.15) is 6.04 Å². The maximum Gasteiger partial charge on any atom is 0.253 e. The van der Waals surface area contributed by atoms with Crippen molar-refractivity contribution in [1.82, 2.24) is 9.55 Å². The molecule has 0 unspecified atom stereocenters. The van der Waals surface area contributed by atoms with Crippen LogP contribution in [-0.2, 0) is 17.6 Å². The molecule has 0 fully saturated rings. The lowest BCUT2D eigenvalue weighted by Crippen LogP contribution is -2.26. The molecule has 3 aromatic rings. The first kappa shape index (κ1) is 15.1. The lowest BCUT2D eigenvalue weighted by atomic mass is 10.0. The molecule has 0 radical (unpaired) electrons. The van der Waals surface area contributed by atoms with Crippen molar-refractivity contribution in [1.29, 1.82) is 0 Å². The number of fused-ring (bicyclic) bond motifs is 1. The number of thiazole rings is 1. The van der Waals surface area contributed by atoms with Crippen molar-refractivity contribution in [3.63, 3.8) is 0 Å². The van der Waals surface area contributed by atoms with Gasteiger partial charge in [-0.2, -0.15) is 0 Å². The van der Waals surface area contributed by atoms with Crippen LogP contribution in [0.5, 0.6) is 0 Å². The van der Waals surface area contributed by atoms with Crippen molar-refractivity contribution in [2.45, 2.75) is 31.7 Å². The number of nitrogens with one attached hydrogen (secondary N) is 1. The Morgan fingerprint density at radius 2 is 1.83 bits per heavy atom. The molecule has 2 heterocycles. The summed E-state index contributed by atoms with van der Waals surface area (Å²) in [5, 5.41) is 3.76. The summed E-state index contributed by atoms with van der Waals surface area (Å²) >= 11 is 1.62. The Bertz CT molecular complexity index is 800. The van der Waals surface area contributed by atoms with Crippen LogP contribution < -0.4 is 5.32 Å². The third kappa shape index (κ3) is 2.99. The molecule has 2 aromatic heterocycles. The predicted molar refractivity (Wildman–Crippen MR) is 96.4 cm³/mol. The van der Waals surface area contributed by atoms with Crippen molar-refractivity contribution >= 4 is 22.4 Å². The molecule has 5 heteroatoms. The monoisotopic (exact) mass is 337 g/mol. The zero-order chi connectivity index (χ0) is 16.4. The molecule has 0 saturated heterocycles. The van der Waals surface area contributed by atoms with Crippen molar-refractivity contribution < 1.29 is 4.79 Å². The van der Waals surface area contributed by atoms with E-state index < -0.39 is 0 Å². The number of benzene rings is 1. The summed E-state index contributed by atoms with van der Waals surface area (Å²) in [5.41, 5.74) is 2.13. The van der Waals surface area contributed by atoms with E-state index in [0.717, 1.165) is 23.5 Å². The van der Waals surface area contributed by atoms with E-state index in [9.17, 15) is 4.79 Å². The van der Waals surface area contributed by atoms with Gasteiger partial charge in [0.25, 0.3) is 5.91 Å². The first-order chi connectivity index (χ1) is 11.8. The van der Waals surface area contributed by atoms with Gasteiger partial charge >= 0.3 is 0 Å². The minimum atomic E-state index is -0.387. The summed E-state index contributed by atoms with van der Waals surface area (Å²) < 4.78 is 1.93. The Morgan fingerprint density at radius 3 is 2.58 bits per heavy atom. The summed E-state index contributed by atoms with van der Waals surface area (Å²) in [7, 11) is 0. The fraction of sp³-hybridized carbons (Fsp3) is 0.263. The van der Waals surface area contributed by atoms with Crippen LogP contribution in [0.2, 0.25) is 0 Å². The van der Waals surface area contributed by atoms with Crippen LogP contribution in [0.4, 0.5) is 5.13 Å². The van der Waals surface area contributed by atoms with E-state index in [4.69, 9.17) is 0 Å². The molecule has 4 rings (SSSR count). The quantitative estimate of drug-likeness (QED) is 0.781. The minimum absolute atomic E-state index is 0.0523. The summed E-state index contributed by atoms with van der Waals surface area (Å²) in [6.07, 6.45) is 8.37. The van der Waals surface area contributed by atoms with Crippen LogP contribution >= 0.6 is 11.3 Å². The van der Waals surface area contributed by atoms with E-state index >= 15 is 0 Å². The van der Waals surface area contributed by atoms with E-state index in [1.807, 2.05) is 59.4 Å². The fourth-order valence-electron chi connectivity index (χ4n) is 3.19. The molecule has 1 atom stereocenters. The minimum Gasteiger partial charge on any atom is -0.338 e. The number of rotatable bonds is 4. The molecule has 1 aliphatic rings. The van der Waals surface area contributed by atoms with Gasteiger partial charge in [0.05, 0.1) is 5.69 Å². The number of aromatic nitrogens is 2. The molecule has 4 nitrogen and oxygen atoms in total. The molecule has 122 valence electrons. The molecule has 0 spiro atoms. The summed E-state index contributed by atoms with van der Waals surface area (Å²) in [6, 6.07) is 13.3. The van der Waals surface area contributed by atoms with E-state index in [2.05, 4.69) is 10.3 Å². The number of carbonyl (C=O) groups is 1. The van der Waals surface area contributed by atoms with Gasteiger partial charge in [0.2, 0.25) is 0 Å². The summed E-state index contributed by atoms with van der Waals surface area (Å²) in [4.78, 5) is 18.9. The van der Waals surface area contributed by atoms with Gasteiger partial charge in [-0.3, -0.25) is 10.1 Å². The van der Waals surface area contributed by atoms with Crippen LogP contribution in [0, 0.1) is 0 Å². The Hall–Kier alpha value is -2.40. The zero-order valence-corrected chi connectivity index (χ0v) is 14.1. The van der Waals surface area contributed by atoms with Crippen molar-refractivity contribution in [3.8, 4) is 0 Å². The molecule has 1 N–H and O–H groups in total. The highest BCUT2D eigenvalue weighted by Gasteiger charge is 2.24. The van der Waals surface area contributed by atoms with E-state index in [0.29, 0.717) is 0 Å². The average molecular weight is 337 g/mol. The van der Waals surface area contributed by atoms with E-state index in [1.165, 1.54) is 23.4 Å². The molecular weight excluding hydrogens is 318 g/mol. The lowest BCUT2D eigenvalue weighted by molar-refractivity contribution is -0.118. The third-order valence-electron chi connectivity index (χ3n) is 4.37. The molecule has 1 amide bonds. The molecule has 1 aliphatic carbocycles. The number of anilines is 1. The molecule has 24 heavy (non-hydrogen) atoms. The lowest BCUT2D eigenvalue weighted by Gasteiger charge is -2.18. The Kier molecular flexibility index (Phi) is 4.17. The standard InChI is InChI=1S/C19H19N3OS/c23-18(21-19-20-15-10-4-5-11-16(15)24-19)17(22-12-6-7-13-22)14-8-2-1-3-9-14/h1-3,6-9,12-13,17H,4-5,10-11H2,(H,20,21,23)/t17-/m1/s1. The second-order valence-corrected chi connectivity index (χ2v) is 7.11. The number of aryl methyl sites for hydroxylation is 2. The second kappa shape index (κ2) is 6.61. The van der Waals surface area contributed by atoms with Gasteiger partial charge in [-0.25, -0.2) is 4.98 Å². The predicted octanol–water partition coefficient (Wildman–Crippen LogP) is 4.05. The van der Waals surface area contributed by atoms with Crippen LogP contribution in [0.15, 0.2) is 54.9 Å². The normalized spacial score (nSPS) is 14.8.